The van der Waals surface area contributed by atoms with Gasteiger partial charge in [0.1, 0.15) is 0 Å². The molecule has 0 aliphatic carbocycles. The van der Waals surface area contributed by atoms with E-state index in [9.17, 15) is 4.79 Å². The van der Waals surface area contributed by atoms with Gasteiger partial charge in [0, 0.05) is 33.1 Å². The van der Waals surface area contributed by atoms with Crippen molar-refractivity contribution >= 4 is 23.3 Å². The van der Waals surface area contributed by atoms with Crippen LogP contribution in [-0.4, -0.2) is 47.0 Å². The Morgan fingerprint density at radius 3 is 2.47 bits per heavy atom. The average molecular weight is 283 g/mol. The molecule has 1 fully saturated rings. The van der Waals surface area contributed by atoms with Gasteiger partial charge >= 0.3 is 0 Å². The van der Waals surface area contributed by atoms with Gasteiger partial charge in [0.25, 0.3) is 0 Å². The van der Waals surface area contributed by atoms with E-state index in [0.29, 0.717) is 11.7 Å². The lowest BCUT2D eigenvalue weighted by atomic mass is 10.3. The molecule has 5 nitrogen and oxygen atoms in total. The molecule has 1 aliphatic rings. The van der Waals surface area contributed by atoms with Crippen molar-refractivity contribution in [3.63, 3.8) is 0 Å². The molecule has 0 bridgehead atoms. The first-order valence-corrected chi connectivity index (χ1v) is 6.88. The number of rotatable bonds is 1. The molecule has 0 radical (unpaired) electrons. The molecule has 6 heteroatoms. The minimum Gasteiger partial charge on any atom is -0.352 e. The van der Waals surface area contributed by atoms with Crippen molar-refractivity contribution < 1.29 is 4.79 Å². The number of nitrogens with zero attached hydrogens (tertiary/aromatic N) is 4. The zero-order valence-corrected chi connectivity index (χ0v) is 12.4. The molecule has 104 valence electrons. The Hall–Kier alpha value is -1.36. The van der Waals surface area contributed by atoms with E-state index in [0.717, 1.165) is 43.3 Å². The van der Waals surface area contributed by atoms with Crippen molar-refractivity contribution in [2.75, 3.05) is 31.1 Å². The van der Waals surface area contributed by atoms with Gasteiger partial charge in [0.2, 0.25) is 5.91 Å². The molecule has 0 N–H and O–H groups in total. The van der Waals surface area contributed by atoms with Gasteiger partial charge < -0.3 is 9.80 Å². The number of carbonyl (C=O) groups is 1. The predicted octanol–water partition coefficient (Wildman–Crippen LogP) is 1.81. The highest BCUT2D eigenvalue weighted by molar-refractivity contribution is 6.31. The molecule has 1 amide bonds. The summed E-state index contributed by atoms with van der Waals surface area (Å²) in [5.41, 5.74) is 1.75. The van der Waals surface area contributed by atoms with Crippen molar-refractivity contribution in [3.8, 4) is 0 Å². The molecular formula is C13H19ClN4O. The first-order chi connectivity index (χ1) is 8.99. The third-order valence-corrected chi connectivity index (χ3v) is 3.74. The van der Waals surface area contributed by atoms with Crippen molar-refractivity contribution in [2.45, 2.75) is 27.2 Å². The Kier molecular flexibility index (Phi) is 4.24. The van der Waals surface area contributed by atoms with Crippen molar-refractivity contribution in [1.29, 1.82) is 0 Å². The standard InChI is InChI=1S/C13H19ClN4O/c1-9-10(2)16-13(12(14)15-9)18-6-4-5-17(7-8-18)11(3)19/h4-8H2,1-3H3. The molecule has 1 aliphatic heterocycles. The quantitative estimate of drug-likeness (QED) is 0.788. The largest absolute Gasteiger partial charge is 0.352 e. The van der Waals surface area contributed by atoms with E-state index in [2.05, 4.69) is 14.9 Å². The van der Waals surface area contributed by atoms with E-state index in [4.69, 9.17) is 11.6 Å². The zero-order valence-electron chi connectivity index (χ0n) is 11.6. The fourth-order valence-corrected chi connectivity index (χ4v) is 2.50. The maximum atomic E-state index is 11.4. The topological polar surface area (TPSA) is 49.3 Å². The van der Waals surface area contributed by atoms with Gasteiger partial charge in [0.15, 0.2) is 11.0 Å². The van der Waals surface area contributed by atoms with Gasteiger partial charge in [-0.3, -0.25) is 4.79 Å². The number of aromatic nitrogens is 2. The molecule has 0 unspecified atom stereocenters. The van der Waals surface area contributed by atoms with Crippen molar-refractivity contribution in [3.05, 3.63) is 16.5 Å². The Morgan fingerprint density at radius 1 is 1.11 bits per heavy atom. The van der Waals surface area contributed by atoms with Crippen LogP contribution >= 0.6 is 11.6 Å². The van der Waals surface area contributed by atoms with E-state index >= 15 is 0 Å². The van der Waals surface area contributed by atoms with Crippen LogP contribution in [0.1, 0.15) is 24.7 Å². The minimum atomic E-state index is 0.124. The Balaban J connectivity index is 2.18. The van der Waals surface area contributed by atoms with E-state index < -0.39 is 0 Å². The summed E-state index contributed by atoms with van der Waals surface area (Å²) in [5, 5.41) is 0.444. The fourth-order valence-electron chi connectivity index (χ4n) is 2.21. The maximum Gasteiger partial charge on any atom is 0.219 e. The molecule has 1 saturated heterocycles. The molecular weight excluding hydrogens is 264 g/mol. The Labute approximate surface area is 118 Å². The molecule has 0 aromatic carbocycles. The van der Waals surface area contributed by atoms with Crippen LogP contribution in [0.3, 0.4) is 0 Å². The molecule has 0 saturated carbocycles. The fraction of sp³-hybridized carbons (Fsp3) is 0.615. The van der Waals surface area contributed by atoms with Crippen LogP contribution in [0.2, 0.25) is 5.15 Å². The Morgan fingerprint density at radius 2 is 1.79 bits per heavy atom. The van der Waals surface area contributed by atoms with Gasteiger partial charge in [-0.05, 0) is 20.3 Å². The summed E-state index contributed by atoms with van der Waals surface area (Å²) in [6.45, 7) is 8.54. The van der Waals surface area contributed by atoms with Crippen LogP contribution in [0.4, 0.5) is 5.82 Å². The number of anilines is 1. The highest BCUT2D eigenvalue weighted by atomic mass is 35.5. The summed E-state index contributed by atoms with van der Waals surface area (Å²) in [4.78, 5) is 24.2. The van der Waals surface area contributed by atoms with Gasteiger partial charge in [-0.15, -0.1) is 0 Å². The third kappa shape index (κ3) is 3.15. The van der Waals surface area contributed by atoms with E-state index in [1.54, 1.807) is 6.92 Å². The number of amides is 1. The molecule has 2 rings (SSSR count). The monoisotopic (exact) mass is 282 g/mol. The van der Waals surface area contributed by atoms with Crippen molar-refractivity contribution in [1.82, 2.24) is 14.9 Å². The minimum absolute atomic E-state index is 0.124. The van der Waals surface area contributed by atoms with Crippen LogP contribution in [0.5, 0.6) is 0 Å². The molecule has 1 aromatic heterocycles. The second-order valence-electron chi connectivity index (χ2n) is 4.86. The number of hydrogen-bond acceptors (Lipinski definition) is 4. The lowest BCUT2D eigenvalue weighted by Crippen LogP contribution is -2.34. The summed E-state index contributed by atoms with van der Waals surface area (Å²) in [7, 11) is 0. The molecule has 0 atom stereocenters. The average Bonchev–Trinajstić information content (AvgIpc) is 2.59. The van der Waals surface area contributed by atoms with E-state index in [1.807, 2.05) is 18.7 Å². The maximum absolute atomic E-state index is 11.4. The SMILES string of the molecule is CC(=O)N1CCCN(c2nc(C)c(C)nc2Cl)CC1. The smallest absolute Gasteiger partial charge is 0.219 e. The lowest BCUT2D eigenvalue weighted by molar-refractivity contribution is -0.128. The summed E-state index contributed by atoms with van der Waals surface area (Å²) < 4.78 is 0. The second kappa shape index (κ2) is 5.74. The number of hydrogen-bond donors (Lipinski definition) is 0. The number of carbonyl (C=O) groups excluding carboxylic acids is 1. The normalized spacial score (nSPS) is 16.4. The second-order valence-corrected chi connectivity index (χ2v) is 5.21. The summed E-state index contributed by atoms with van der Waals surface area (Å²) in [6.07, 6.45) is 0.921. The highest BCUT2D eigenvalue weighted by Gasteiger charge is 2.20. The first-order valence-electron chi connectivity index (χ1n) is 6.50. The van der Waals surface area contributed by atoms with Gasteiger partial charge in [-0.25, -0.2) is 9.97 Å². The first kappa shape index (κ1) is 14.1. The van der Waals surface area contributed by atoms with Crippen LogP contribution in [0, 0.1) is 13.8 Å². The third-order valence-electron chi connectivity index (χ3n) is 3.49. The van der Waals surface area contributed by atoms with Crippen LogP contribution < -0.4 is 4.90 Å². The van der Waals surface area contributed by atoms with Crippen LogP contribution in [0.15, 0.2) is 0 Å². The van der Waals surface area contributed by atoms with E-state index in [1.165, 1.54) is 0 Å². The number of aryl methyl sites for hydroxylation is 2. The molecule has 19 heavy (non-hydrogen) atoms. The Bertz CT molecular complexity index is 492. The van der Waals surface area contributed by atoms with E-state index in [-0.39, 0.29) is 5.91 Å². The van der Waals surface area contributed by atoms with Gasteiger partial charge in [-0.2, -0.15) is 0 Å². The summed E-state index contributed by atoms with van der Waals surface area (Å²) >= 11 is 6.19. The summed E-state index contributed by atoms with van der Waals surface area (Å²) in [6, 6.07) is 0. The van der Waals surface area contributed by atoms with Gasteiger partial charge in [0.05, 0.1) is 11.4 Å². The molecule has 0 spiro atoms. The number of halogens is 1. The van der Waals surface area contributed by atoms with Crippen molar-refractivity contribution in [2.24, 2.45) is 0 Å². The zero-order chi connectivity index (χ0) is 14.0. The summed E-state index contributed by atoms with van der Waals surface area (Å²) in [5.74, 6) is 0.856. The molecule has 2 heterocycles. The molecule has 1 aromatic rings. The van der Waals surface area contributed by atoms with Crippen LogP contribution in [0.25, 0.3) is 0 Å². The highest BCUT2D eigenvalue weighted by Crippen LogP contribution is 2.23. The van der Waals surface area contributed by atoms with Gasteiger partial charge in [-0.1, -0.05) is 11.6 Å². The van der Waals surface area contributed by atoms with Crippen LogP contribution in [-0.2, 0) is 4.79 Å². The lowest BCUT2D eigenvalue weighted by Gasteiger charge is -2.23. The predicted molar refractivity (Wildman–Crippen MR) is 75.6 cm³/mol.